The van der Waals surface area contributed by atoms with Crippen molar-refractivity contribution in [2.75, 3.05) is 6.54 Å². The summed E-state index contributed by atoms with van der Waals surface area (Å²) in [6.07, 6.45) is 4.44. The van der Waals surface area contributed by atoms with E-state index in [1.54, 1.807) is 33.8 Å². The first-order chi connectivity index (χ1) is 24.2. The molecule has 1 N–H and O–H groups in total. The predicted octanol–water partition coefficient (Wildman–Crippen LogP) is 4.91. The Kier molecular flexibility index (Phi) is 8.50. The molecule has 52 heavy (non-hydrogen) atoms. The Morgan fingerprint density at radius 2 is 1.77 bits per heavy atom. The highest BCUT2D eigenvalue weighted by molar-refractivity contribution is 5.98. The number of esters is 3. The first-order valence-corrected chi connectivity index (χ1v) is 18.8. The number of hydrogen-bond acceptors (Lipinski definition) is 11. The predicted molar refractivity (Wildman–Crippen MR) is 185 cm³/mol. The van der Waals surface area contributed by atoms with Gasteiger partial charge in [-0.05, 0) is 104 Å². The Morgan fingerprint density at radius 3 is 2.42 bits per heavy atom. The molecule has 0 aromatic heterocycles. The highest BCUT2D eigenvalue weighted by Gasteiger charge is 2.83. The summed E-state index contributed by atoms with van der Waals surface area (Å²) in [4.78, 5) is 67.7. The van der Waals surface area contributed by atoms with Gasteiger partial charge in [-0.2, -0.15) is 0 Å². The molecule has 3 heterocycles. The van der Waals surface area contributed by atoms with Gasteiger partial charge in [-0.3, -0.25) is 14.5 Å². The summed E-state index contributed by atoms with van der Waals surface area (Å²) in [5.41, 5.74) is -3.09. The van der Waals surface area contributed by atoms with Gasteiger partial charge >= 0.3 is 24.0 Å². The lowest BCUT2D eigenvalue weighted by Crippen LogP contribution is -2.70. The molecular formula is C40H53NO11. The van der Waals surface area contributed by atoms with Gasteiger partial charge in [-0.15, -0.1) is 0 Å². The summed E-state index contributed by atoms with van der Waals surface area (Å²) < 4.78 is 30.1. The molecule has 12 atom stereocenters. The van der Waals surface area contributed by atoms with Crippen molar-refractivity contribution >= 4 is 29.8 Å². The maximum Gasteiger partial charge on any atom is 0.411 e. The van der Waals surface area contributed by atoms with Gasteiger partial charge in [0, 0.05) is 36.8 Å². The zero-order chi connectivity index (χ0) is 37.9. The molecule has 0 radical (unpaired) electrons. The zero-order valence-electron chi connectivity index (χ0n) is 31.8. The van der Waals surface area contributed by atoms with E-state index in [-0.39, 0.29) is 17.7 Å². The summed E-state index contributed by atoms with van der Waals surface area (Å²) >= 11 is 0. The van der Waals surface area contributed by atoms with Crippen molar-refractivity contribution in [3.63, 3.8) is 0 Å². The van der Waals surface area contributed by atoms with Crippen LogP contribution in [0.5, 0.6) is 0 Å². The van der Waals surface area contributed by atoms with Crippen molar-refractivity contribution in [2.45, 2.75) is 148 Å². The molecule has 1 amide bonds. The van der Waals surface area contributed by atoms with Crippen LogP contribution in [0.3, 0.4) is 0 Å². The van der Waals surface area contributed by atoms with Crippen LogP contribution in [-0.4, -0.2) is 93.6 Å². The van der Waals surface area contributed by atoms with Gasteiger partial charge in [-0.1, -0.05) is 25.0 Å². The number of epoxide rings is 1. The summed E-state index contributed by atoms with van der Waals surface area (Å²) in [6, 6.07) is -0.825. The molecule has 7 aliphatic rings. The topological polar surface area (TPSA) is 158 Å². The second-order valence-corrected chi connectivity index (χ2v) is 17.7. The third-order valence-electron chi connectivity index (χ3n) is 13.9. The molecule has 1 unspecified atom stereocenters. The largest absolute Gasteiger partial charge is 0.458 e. The number of cyclic esters (lactones) is 1. The number of aliphatic hydroxyl groups is 1. The minimum Gasteiger partial charge on any atom is -0.458 e. The molecule has 4 aliphatic carbocycles. The Hall–Kier alpha value is -3.51. The molecule has 12 heteroatoms. The van der Waals surface area contributed by atoms with Crippen molar-refractivity contribution in [3.05, 3.63) is 34.9 Å². The first kappa shape index (κ1) is 36.8. The lowest BCUT2D eigenvalue weighted by molar-refractivity contribution is -0.225. The van der Waals surface area contributed by atoms with Crippen LogP contribution in [-0.2, 0) is 42.9 Å². The monoisotopic (exact) mass is 723 g/mol. The number of carbonyl (C=O) groups excluding carboxylic acids is 5. The Balaban J connectivity index is 1.18. The van der Waals surface area contributed by atoms with Crippen molar-refractivity contribution in [3.8, 4) is 0 Å². The third kappa shape index (κ3) is 5.09. The summed E-state index contributed by atoms with van der Waals surface area (Å²) in [7, 11) is 0. The van der Waals surface area contributed by atoms with Crippen molar-refractivity contribution < 1.29 is 52.8 Å². The number of allylic oxidation sites excluding steroid dienone is 1. The Labute approximate surface area is 305 Å². The third-order valence-corrected chi connectivity index (χ3v) is 13.9. The van der Waals surface area contributed by atoms with Crippen molar-refractivity contribution in [1.29, 1.82) is 0 Å². The molecule has 3 aliphatic heterocycles. The van der Waals surface area contributed by atoms with Crippen LogP contribution < -0.4 is 0 Å². The van der Waals surface area contributed by atoms with E-state index in [4.69, 9.17) is 23.7 Å². The fourth-order valence-corrected chi connectivity index (χ4v) is 11.0. The van der Waals surface area contributed by atoms with Crippen LogP contribution in [0, 0.1) is 28.6 Å². The molecule has 0 aromatic rings. The summed E-state index contributed by atoms with van der Waals surface area (Å²) in [5.74, 6) is -2.86. The Bertz CT molecular complexity index is 1710. The van der Waals surface area contributed by atoms with Crippen LogP contribution >= 0.6 is 0 Å². The van der Waals surface area contributed by atoms with Crippen LogP contribution in [0.1, 0.15) is 101 Å². The van der Waals surface area contributed by atoms with Crippen LogP contribution in [0.4, 0.5) is 4.79 Å². The number of carbonyl (C=O) groups is 5. The Morgan fingerprint density at radius 1 is 1.06 bits per heavy atom. The fraction of sp³-hybridized carbons (Fsp3) is 0.725. The van der Waals surface area contributed by atoms with Gasteiger partial charge in [0.15, 0.2) is 11.9 Å². The van der Waals surface area contributed by atoms with Gasteiger partial charge in [0.25, 0.3) is 0 Å². The van der Waals surface area contributed by atoms with Crippen molar-refractivity contribution in [2.24, 2.45) is 28.6 Å². The van der Waals surface area contributed by atoms with Crippen molar-refractivity contribution in [1.82, 2.24) is 4.90 Å². The number of fused-ring (bicyclic) bond motifs is 4. The van der Waals surface area contributed by atoms with E-state index in [2.05, 4.69) is 0 Å². The van der Waals surface area contributed by atoms with E-state index in [1.165, 1.54) is 17.9 Å². The number of ketones is 1. The van der Waals surface area contributed by atoms with E-state index >= 15 is 0 Å². The summed E-state index contributed by atoms with van der Waals surface area (Å²) in [6.45, 7) is 16.5. The van der Waals surface area contributed by atoms with Crippen LogP contribution in [0.15, 0.2) is 34.9 Å². The fourth-order valence-electron chi connectivity index (χ4n) is 11.0. The standard InChI is InChI=1S/C40H53NO11/c1-20-17-28(49-33(44)21(20)2)22(3)25-18-31(48-23(4)42)39(47)26-19-32-40(51-32)30(13-12-29(43)38(40,9)24(26)14-15-37(25,39)8)50-34(45)27-11-10-16-41(27)35(46)52-36(5,6)7/h12-13,18,22,24,26-28,30-32,47H,10-11,14-17,19H2,1-9H3/t22-,24-,26+,27?,28+,30-,31-,32+,37+,38-,39-,40+/m0/s1. The average Bonchev–Trinajstić information content (AvgIpc) is 3.48. The highest BCUT2D eigenvalue weighted by Crippen LogP contribution is 2.74. The molecule has 12 nitrogen and oxygen atoms in total. The van der Waals surface area contributed by atoms with Gasteiger partial charge in [0.2, 0.25) is 0 Å². The van der Waals surface area contributed by atoms with E-state index in [1.807, 2.05) is 33.8 Å². The number of hydrogen-bond donors (Lipinski definition) is 1. The second kappa shape index (κ2) is 12.0. The molecule has 0 bridgehead atoms. The normalized spacial score (nSPS) is 42.6. The first-order valence-electron chi connectivity index (χ1n) is 18.8. The number of rotatable bonds is 5. The van der Waals surface area contributed by atoms with Gasteiger partial charge in [0.05, 0.1) is 11.5 Å². The van der Waals surface area contributed by atoms with E-state index in [0.29, 0.717) is 50.6 Å². The quantitative estimate of drug-likeness (QED) is 0.178. The minimum absolute atomic E-state index is 0.171. The lowest BCUT2D eigenvalue weighted by atomic mass is 9.42. The maximum absolute atomic E-state index is 14.2. The smallest absolute Gasteiger partial charge is 0.411 e. The molecule has 284 valence electrons. The molecule has 2 saturated heterocycles. The van der Waals surface area contributed by atoms with Crippen LogP contribution in [0.2, 0.25) is 0 Å². The SMILES string of the molecule is CC(=O)O[C@H]1C=C([C@H](C)[C@H]2CC(C)=C(C)C(=O)O2)[C@@]2(C)CC[C@H]3[C@@H](C[C@H]4O[C@]45[C@@H](OC(=O)C4CCCN4C(=O)OC(C)(C)C)C=CC(=O)[C@]35C)[C@]12O. The number of nitrogens with zero attached hydrogens (tertiary/aromatic N) is 1. The molecule has 0 aromatic carbocycles. The molecule has 1 spiro atoms. The molecule has 7 rings (SSSR count). The van der Waals surface area contributed by atoms with E-state index in [0.717, 1.165) is 11.1 Å². The lowest BCUT2D eigenvalue weighted by Gasteiger charge is -2.61. The van der Waals surface area contributed by atoms with Gasteiger partial charge in [0.1, 0.15) is 35.1 Å². The molecule has 4 fully saturated rings. The molecule has 2 saturated carbocycles. The number of amides is 1. The van der Waals surface area contributed by atoms with E-state index in [9.17, 15) is 29.1 Å². The maximum atomic E-state index is 14.2. The zero-order valence-corrected chi connectivity index (χ0v) is 31.8. The van der Waals surface area contributed by atoms with Crippen LogP contribution in [0.25, 0.3) is 0 Å². The number of ether oxygens (including phenoxy) is 5. The highest BCUT2D eigenvalue weighted by atomic mass is 16.7. The van der Waals surface area contributed by atoms with Gasteiger partial charge < -0.3 is 28.8 Å². The molecular weight excluding hydrogens is 670 g/mol. The van der Waals surface area contributed by atoms with E-state index < -0.39 is 88.0 Å². The van der Waals surface area contributed by atoms with Gasteiger partial charge in [-0.25, -0.2) is 14.4 Å². The average molecular weight is 724 g/mol. The summed E-state index contributed by atoms with van der Waals surface area (Å²) in [5, 5.41) is 13.2. The minimum atomic E-state index is -1.60. The second-order valence-electron chi connectivity index (χ2n) is 17.7. The number of likely N-dealkylation sites (tertiary alicyclic amines) is 1.